The number of rotatable bonds is 4. The lowest BCUT2D eigenvalue weighted by atomic mass is 9.77. The molecular weight excluding hydrogens is 528 g/mol. The summed E-state index contributed by atoms with van der Waals surface area (Å²) in [5, 5.41) is 5.79. The third kappa shape index (κ3) is 4.63. The Morgan fingerprint density at radius 3 is 0.750 bits per heavy atom. The fraction of sp³-hybridized carbons (Fsp3) is 0.136. The first-order valence-corrected chi connectivity index (χ1v) is 16.2. The van der Waals surface area contributed by atoms with E-state index >= 15 is 0 Å². The summed E-state index contributed by atoms with van der Waals surface area (Å²) in [6.07, 6.45) is 7.11. The Hall–Kier alpha value is -4.94. The topological polar surface area (TPSA) is 0 Å². The van der Waals surface area contributed by atoms with Gasteiger partial charge in [0.05, 0.1) is 0 Å². The minimum Gasteiger partial charge on any atom is -0.0622 e. The van der Waals surface area contributed by atoms with Gasteiger partial charge >= 0.3 is 0 Å². The molecule has 0 spiro atoms. The van der Waals surface area contributed by atoms with Gasteiger partial charge in [0.15, 0.2) is 0 Å². The number of fused-ring (bicyclic) bond motifs is 3. The molecular formula is C44H36. The summed E-state index contributed by atoms with van der Waals surface area (Å²) in [5.74, 6) is 0. The molecule has 0 nitrogen and oxygen atoms in total. The maximum Gasteiger partial charge on any atom is -0.00577 e. The summed E-state index contributed by atoms with van der Waals surface area (Å²) in [6, 6.07) is 53.8. The van der Waals surface area contributed by atoms with Gasteiger partial charge in [0.2, 0.25) is 0 Å². The Balaban J connectivity index is 1.65. The molecule has 7 aromatic rings. The van der Waals surface area contributed by atoms with Crippen molar-refractivity contribution in [2.24, 2.45) is 0 Å². The van der Waals surface area contributed by atoms with Gasteiger partial charge in [-0.1, -0.05) is 158 Å². The Kier molecular flexibility index (Phi) is 7.05. The molecule has 0 fully saturated rings. The van der Waals surface area contributed by atoms with Crippen LogP contribution in [0.4, 0.5) is 0 Å². The van der Waals surface area contributed by atoms with Crippen molar-refractivity contribution in [2.75, 3.05) is 0 Å². The van der Waals surface area contributed by atoms with Gasteiger partial charge in [-0.05, 0) is 103 Å². The number of hydrogen-bond acceptors (Lipinski definition) is 0. The Morgan fingerprint density at radius 2 is 0.500 bits per heavy atom. The third-order valence-electron chi connectivity index (χ3n) is 9.56. The minimum atomic E-state index is 1.07. The van der Waals surface area contributed by atoms with Crippen LogP contribution in [0.15, 0.2) is 146 Å². The van der Waals surface area contributed by atoms with Crippen LogP contribution in [0.1, 0.15) is 36.8 Å². The number of hydrogen-bond donors (Lipinski definition) is 0. The van der Waals surface area contributed by atoms with Crippen LogP contribution < -0.4 is 0 Å². The highest BCUT2D eigenvalue weighted by Crippen LogP contribution is 2.49. The van der Waals surface area contributed by atoms with Gasteiger partial charge in [-0.15, -0.1) is 0 Å². The Labute approximate surface area is 260 Å². The van der Waals surface area contributed by atoms with Crippen LogP contribution in [0.25, 0.3) is 66.1 Å². The molecule has 0 aliphatic heterocycles. The van der Waals surface area contributed by atoms with E-state index in [-0.39, 0.29) is 0 Å². The molecule has 1 aliphatic rings. The molecule has 0 saturated carbocycles. The van der Waals surface area contributed by atoms with E-state index in [1.54, 1.807) is 0 Å². The molecule has 0 atom stereocenters. The highest BCUT2D eigenvalue weighted by atomic mass is 14.3. The van der Waals surface area contributed by atoms with Gasteiger partial charge in [0.25, 0.3) is 0 Å². The van der Waals surface area contributed by atoms with Crippen molar-refractivity contribution in [1.82, 2.24) is 0 Å². The van der Waals surface area contributed by atoms with Crippen molar-refractivity contribution in [3.63, 3.8) is 0 Å². The van der Waals surface area contributed by atoms with Crippen LogP contribution in [-0.4, -0.2) is 0 Å². The molecule has 0 unspecified atom stereocenters. The molecule has 0 radical (unpaired) electrons. The summed E-state index contributed by atoms with van der Waals surface area (Å²) >= 11 is 0. The molecule has 2 bridgehead atoms. The molecule has 7 aromatic carbocycles. The van der Waals surface area contributed by atoms with Crippen molar-refractivity contribution in [3.8, 4) is 44.5 Å². The van der Waals surface area contributed by atoms with Crippen molar-refractivity contribution in [3.05, 3.63) is 157 Å². The van der Waals surface area contributed by atoms with Gasteiger partial charge in [-0.3, -0.25) is 0 Å². The number of benzene rings is 7. The third-order valence-corrected chi connectivity index (χ3v) is 9.56. The second-order valence-electron chi connectivity index (χ2n) is 12.2. The normalized spacial score (nSPS) is 13.4. The van der Waals surface area contributed by atoms with E-state index in [0.29, 0.717) is 0 Å². The maximum absolute atomic E-state index is 2.40. The molecule has 0 heterocycles. The molecule has 8 rings (SSSR count). The van der Waals surface area contributed by atoms with Crippen LogP contribution >= 0.6 is 0 Å². The lowest BCUT2D eigenvalue weighted by molar-refractivity contribution is 0.642. The lowest BCUT2D eigenvalue weighted by Gasteiger charge is -2.26. The van der Waals surface area contributed by atoms with Gasteiger partial charge in [-0.2, -0.15) is 0 Å². The first kappa shape index (κ1) is 26.7. The Bertz CT molecular complexity index is 1780. The first-order valence-electron chi connectivity index (χ1n) is 16.2. The predicted molar refractivity (Wildman–Crippen MR) is 189 cm³/mol. The largest absolute Gasteiger partial charge is 0.0622 e. The molecule has 44 heavy (non-hydrogen) atoms. The van der Waals surface area contributed by atoms with Crippen molar-refractivity contribution in [1.29, 1.82) is 0 Å². The average molecular weight is 565 g/mol. The molecule has 0 N–H and O–H groups in total. The van der Waals surface area contributed by atoms with Crippen LogP contribution in [0.3, 0.4) is 0 Å². The maximum atomic E-state index is 2.40. The molecule has 0 aromatic heterocycles. The Morgan fingerprint density at radius 1 is 0.250 bits per heavy atom. The van der Waals surface area contributed by atoms with Crippen molar-refractivity contribution >= 4 is 21.5 Å². The van der Waals surface area contributed by atoms with Crippen LogP contribution in [0.2, 0.25) is 0 Å². The average Bonchev–Trinajstić information content (AvgIpc) is 3.11. The zero-order valence-corrected chi connectivity index (χ0v) is 25.1. The SMILES string of the molecule is c1ccc(-c2ccc(-c3ccccc3)c3c4c5c(-c6ccccc6)ccc(-c6ccccc6)c5c(c23)CCCCCC4)cc1. The smallest absolute Gasteiger partial charge is 0.00577 e. The van der Waals surface area contributed by atoms with Gasteiger partial charge in [-0.25, -0.2) is 0 Å². The van der Waals surface area contributed by atoms with Gasteiger partial charge < -0.3 is 0 Å². The molecule has 1 aliphatic carbocycles. The van der Waals surface area contributed by atoms with E-state index in [2.05, 4.69) is 146 Å². The zero-order valence-electron chi connectivity index (χ0n) is 25.1. The summed E-state index contributed by atoms with van der Waals surface area (Å²) < 4.78 is 0. The summed E-state index contributed by atoms with van der Waals surface area (Å²) in [6.45, 7) is 0. The van der Waals surface area contributed by atoms with Crippen LogP contribution in [-0.2, 0) is 12.8 Å². The van der Waals surface area contributed by atoms with E-state index in [0.717, 1.165) is 12.8 Å². The quantitative estimate of drug-likeness (QED) is 0.187. The van der Waals surface area contributed by atoms with Crippen LogP contribution in [0.5, 0.6) is 0 Å². The zero-order chi connectivity index (χ0) is 29.3. The molecule has 0 heteroatoms. The second kappa shape index (κ2) is 11.6. The fourth-order valence-corrected chi connectivity index (χ4v) is 7.60. The standard InChI is InChI=1S/C44H36/c1-2-16-26-40-43-37(33-21-11-5-12-22-33)29-27-35(31-17-7-3-8-18-31)41(43)39(25-15-1)42-36(32-19-9-4-10-20-32)28-30-38(44(40)42)34-23-13-6-14-24-34/h3-14,17-24,27-30H,1-2,15-16,25-26H2. The highest BCUT2D eigenvalue weighted by Gasteiger charge is 2.25. The second-order valence-corrected chi connectivity index (χ2v) is 12.2. The lowest BCUT2D eigenvalue weighted by Crippen LogP contribution is -2.04. The summed E-state index contributed by atoms with van der Waals surface area (Å²) in [7, 11) is 0. The minimum absolute atomic E-state index is 1.07. The van der Waals surface area contributed by atoms with Crippen molar-refractivity contribution < 1.29 is 0 Å². The van der Waals surface area contributed by atoms with Gasteiger partial charge in [0, 0.05) is 0 Å². The van der Waals surface area contributed by atoms with E-state index in [4.69, 9.17) is 0 Å². The summed E-state index contributed by atoms with van der Waals surface area (Å²) in [4.78, 5) is 0. The monoisotopic (exact) mass is 564 g/mol. The van der Waals surface area contributed by atoms with E-state index in [1.165, 1.54) is 103 Å². The first-order chi connectivity index (χ1) is 21.9. The fourth-order valence-electron chi connectivity index (χ4n) is 7.60. The highest BCUT2D eigenvalue weighted by molar-refractivity contribution is 6.21. The molecule has 0 saturated heterocycles. The van der Waals surface area contributed by atoms with E-state index in [1.807, 2.05) is 0 Å². The van der Waals surface area contributed by atoms with E-state index < -0.39 is 0 Å². The molecule has 0 amide bonds. The predicted octanol–water partition coefficient (Wildman–Crippen LogP) is 12.3. The van der Waals surface area contributed by atoms with Gasteiger partial charge in [0.1, 0.15) is 0 Å². The van der Waals surface area contributed by atoms with Crippen LogP contribution in [0, 0.1) is 0 Å². The molecule has 212 valence electrons. The number of aryl methyl sites for hydroxylation is 2. The van der Waals surface area contributed by atoms with E-state index in [9.17, 15) is 0 Å². The summed E-state index contributed by atoms with van der Waals surface area (Å²) in [5.41, 5.74) is 13.6. The van der Waals surface area contributed by atoms with Crippen molar-refractivity contribution in [2.45, 2.75) is 38.5 Å².